The second-order valence-corrected chi connectivity index (χ2v) is 5.83. The lowest BCUT2D eigenvalue weighted by atomic mass is 10.1. The molecule has 25 heavy (non-hydrogen) atoms. The fourth-order valence-electron chi connectivity index (χ4n) is 3.15. The molecular weight excluding hydrogens is 330 g/mol. The van der Waals surface area contributed by atoms with E-state index in [-0.39, 0.29) is 24.1 Å². The van der Waals surface area contributed by atoms with Gasteiger partial charge in [-0.15, -0.1) is 0 Å². The van der Waals surface area contributed by atoms with Gasteiger partial charge in [0.2, 0.25) is 0 Å². The van der Waals surface area contributed by atoms with E-state index in [2.05, 4.69) is 15.1 Å². The Kier molecular flexibility index (Phi) is 3.46. The molecule has 1 aliphatic heterocycles. The van der Waals surface area contributed by atoms with Gasteiger partial charge in [0, 0.05) is 24.4 Å². The van der Waals surface area contributed by atoms with E-state index in [1.807, 2.05) is 6.07 Å². The van der Waals surface area contributed by atoms with Gasteiger partial charge in [0.1, 0.15) is 29.4 Å². The highest BCUT2D eigenvalue weighted by molar-refractivity contribution is 5.58. The second kappa shape index (κ2) is 5.66. The molecule has 0 radical (unpaired) electrons. The maximum Gasteiger partial charge on any atom is 0.253 e. The molecule has 3 aromatic rings. The van der Waals surface area contributed by atoms with Crippen LogP contribution in [0.25, 0.3) is 5.65 Å². The number of hydrogen-bond donors (Lipinski definition) is 1. The van der Waals surface area contributed by atoms with Crippen LogP contribution in [0.4, 0.5) is 14.6 Å². The zero-order valence-electron chi connectivity index (χ0n) is 12.9. The highest BCUT2D eigenvalue weighted by atomic mass is 19.1. The first kappa shape index (κ1) is 15.3. The average molecular weight is 342 g/mol. The van der Waals surface area contributed by atoms with Gasteiger partial charge in [-0.3, -0.25) is 4.79 Å². The summed E-state index contributed by atoms with van der Waals surface area (Å²) in [6.45, 7) is 0.0276. The van der Waals surface area contributed by atoms with Gasteiger partial charge >= 0.3 is 0 Å². The largest absolute Gasteiger partial charge is 0.346 e. The molecule has 9 heteroatoms. The third-order valence-corrected chi connectivity index (χ3v) is 4.27. The fourth-order valence-corrected chi connectivity index (χ4v) is 3.15. The zero-order chi connectivity index (χ0) is 17.6. The Morgan fingerprint density at radius 1 is 1.44 bits per heavy atom. The molecule has 1 aliphatic rings. The highest BCUT2D eigenvalue weighted by Crippen LogP contribution is 2.35. The average Bonchev–Trinajstić information content (AvgIpc) is 3.19. The monoisotopic (exact) mass is 342 g/mol. The van der Waals surface area contributed by atoms with E-state index in [1.165, 1.54) is 10.7 Å². The molecule has 0 amide bonds. The van der Waals surface area contributed by atoms with Crippen molar-refractivity contribution in [2.45, 2.75) is 18.6 Å². The lowest BCUT2D eigenvalue weighted by molar-refractivity contribution is 0.356. The Balaban J connectivity index is 1.81. The number of pyridine rings is 1. The van der Waals surface area contributed by atoms with Gasteiger partial charge in [-0.2, -0.15) is 10.4 Å². The Hall–Kier alpha value is -3.28. The number of rotatable bonds is 2. The van der Waals surface area contributed by atoms with E-state index in [4.69, 9.17) is 5.26 Å². The van der Waals surface area contributed by atoms with Crippen LogP contribution in [-0.4, -0.2) is 32.3 Å². The molecule has 1 fully saturated rings. The molecule has 0 aromatic carbocycles. The molecule has 1 saturated heterocycles. The van der Waals surface area contributed by atoms with Gasteiger partial charge < -0.3 is 9.88 Å². The van der Waals surface area contributed by atoms with E-state index in [0.29, 0.717) is 11.5 Å². The number of hydrogen-bond acceptors (Lipinski definition) is 5. The molecule has 3 aromatic heterocycles. The molecular formula is C16H12F2N6O. The number of fused-ring (bicyclic) bond motifs is 1. The topological polar surface area (TPSA) is 90.1 Å². The molecule has 0 bridgehead atoms. The van der Waals surface area contributed by atoms with Crippen LogP contribution in [0.5, 0.6) is 0 Å². The Morgan fingerprint density at radius 3 is 3.08 bits per heavy atom. The van der Waals surface area contributed by atoms with E-state index in [0.717, 1.165) is 12.3 Å². The lowest BCUT2D eigenvalue weighted by Gasteiger charge is -2.25. The maximum atomic E-state index is 14.1. The van der Waals surface area contributed by atoms with Crippen molar-refractivity contribution in [3.8, 4) is 6.07 Å². The minimum absolute atomic E-state index is 0.0276. The van der Waals surface area contributed by atoms with Gasteiger partial charge in [0.25, 0.3) is 5.56 Å². The minimum atomic E-state index is -1.17. The number of alkyl halides is 1. The number of H-pyrrole nitrogens is 1. The van der Waals surface area contributed by atoms with Crippen molar-refractivity contribution in [2.24, 2.45) is 0 Å². The summed E-state index contributed by atoms with van der Waals surface area (Å²) in [6, 6.07) is 4.09. The predicted molar refractivity (Wildman–Crippen MR) is 84.3 cm³/mol. The van der Waals surface area contributed by atoms with Crippen molar-refractivity contribution in [3.05, 3.63) is 58.0 Å². The van der Waals surface area contributed by atoms with Gasteiger partial charge in [-0.1, -0.05) is 0 Å². The normalized spacial score (nSPS) is 20.1. The van der Waals surface area contributed by atoms with Crippen molar-refractivity contribution >= 4 is 11.5 Å². The smallest absolute Gasteiger partial charge is 0.253 e. The number of nitrogens with zero attached hydrogens (tertiary/aromatic N) is 5. The molecule has 1 N–H and O–H groups in total. The quantitative estimate of drug-likeness (QED) is 0.766. The molecule has 7 nitrogen and oxygen atoms in total. The number of aromatic amines is 1. The van der Waals surface area contributed by atoms with Gasteiger partial charge in [0.15, 0.2) is 5.65 Å². The van der Waals surface area contributed by atoms with Crippen molar-refractivity contribution < 1.29 is 8.78 Å². The summed E-state index contributed by atoms with van der Waals surface area (Å²) >= 11 is 0. The molecule has 4 rings (SSSR count). The first-order valence-corrected chi connectivity index (χ1v) is 7.60. The Bertz CT molecular complexity index is 1050. The van der Waals surface area contributed by atoms with Crippen molar-refractivity contribution in [2.75, 3.05) is 11.4 Å². The first-order valence-electron chi connectivity index (χ1n) is 7.60. The molecule has 0 saturated carbocycles. The SMILES string of the molecule is N#Cc1cnn2ccc(N3C[C@@H](F)C[C@@H]3c3cc(F)c[nH]c3=O)nc12. The van der Waals surface area contributed by atoms with Crippen LogP contribution in [0.3, 0.4) is 0 Å². The van der Waals surface area contributed by atoms with Crippen LogP contribution < -0.4 is 10.5 Å². The van der Waals surface area contributed by atoms with Crippen LogP contribution in [0.1, 0.15) is 23.6 Å². The summed E-state index contributed by atoms with van der Waals surface area (Å²) in [5.41, 5.74) is 0.316. The molecule has 4 heterocycles. The number of aromatic nitrogens is 4. The van der Waals surface area contributed by atoms with Gasteiger partial charge in [-0.05, 0) is 12.1 Å². The number of anilines is 1. The molecule has 126 valence electrons. The number of nitrogens with one attached hydrogen (secondary N) is 1. The van der Waals surface area contributed by atoms with Crippen molar-refractivity contribution in [3.63, 3.8) is 0 Å². The summed E-state index contributed by atoms with van der Waals surface area (Å²) < 4.78 is 29.1. The second-order valence-electron chi connectivity index (χ2n) is 5.83. The zero-order valence-corrected chi connectivity index (χ0v) is 12.9. The summed E-state index contributed by atoms with van der Waals surface area (Å²) in [7, 11) is 0. The standard InChI is InChI=1S/C16H12F2N6O/c17-10-3-12(16(25)20-7-10)13-4-11(18)8-23(13)14-1-2-24-15(22-14)9(5-19)6-21-24/h1-3,6-7,11,13H,4,8H2,(H,20,25)/t11-,13+/m0/s1. The minimum Gasteiger partial charge on any atom is -0.346 e. The molecule has 2 atom stereocenters. The Morgan fingerprint density at radius 2 is 2.28 bits per heavy atom. The Labute approximate surface area is 140 Å². The van der Waals surface area contributed by atoms with E-state index in [1.54, 1.807) is 17.2 Å². The van der Waals surface area contributed by atoms with Crippen molar-refractivity contribution in [1.29, 1.82) is 5.26 Å². The lowest BCUT2D eigenvalue weighted by Crippen LogP contribution is -2.29. The summed E-state index contributed by atoms with van der Waals surface area (Å²) in [5.74, 6) is -0.193. The highest BCUT2D eigenvalue weighted by Gasteiger charge is 2.36. The number of halogens is 2. The van der Waals surface area contributed by atoms with Crippen LogP contribution >= 0.6 is 0 Å². The first-order chi connectivity index (χ1) is 12.1. The molecule has 0 spiro atoms. The number of nitriles is 1. The van der Waals surface area contributed by atoms with Crippen LogP contribution in [0.2, 0.25) is 0 Å². The third kappa shape index (κ3) is 2.52. The van der Waals surface area contributed by atoms with Crippen LogP contribution in [0.15, 0.2) is 35.5 Å². The molecule has 0 aliphatic carbocycles. The van der Waals surface area contributed by atoms with Crippen LogP contribution in [-0.2, 0) is 0 Å². The van der Waals surface area contributed by atoms with Crippen LogP contribution in [0, 0.1) is 17.1 Å². The van der Waals surface area contributed by atoms with E-state index in [9.17, 15) is 13.6 Å². The van der Waals surface area contributed by atoms with E-state index < -0.39 is 23.6 Å². The maximum absolute atomic E-state index is 14.1. The third-order valence-electron chi connectivity index (χ3n) is 4.27. The predicted octanol–water partition coefficient (Wildman–Crippen LogP) is 1.72. The summed E-state index contributed by atoms with van der Waals surface area (Å²) in [5, 5.41) is 13.1. The van der Waals surface area contributed by atoms with Gasteiger partial charge in [0.05, 0.1) is 18.8 Å². The van der Waals surface area contributed by atoms with Gasteiger partial charge in [-0.25, -0.2) is 18.3 Å². The summed E-state index contributed by atoms with van der Waals surface area (Å²) in [4.78, 5) is 20.4. The fraction of sp³-hybridized carbons (Fsp3) is 0.250. The molecule has 0 unspecified atom stereocenters. The summed E-state index contributed by atoms with van der Waals surface area (Å²) in [6.07, 6.45) is 2.85. The van der Waals surface area contributed by atoms with E-state index >= 15 is 0 Å². The van der Waals surface area contributed by atoms with Crippen molar-refractivity contribution in [1.82, 2.24) is 19.6 Å².